The Morgan fingerprint density at radius 1 is 1.25 bits per heavy atom. The van der Waals surface area contributed by atoms with Crippen LogP contribution >= 0.6 is 11.6 Å². The van der Waals surface area contributed by atoms with Crippen LogP contribution in [0.5, 0.6) is 11.8 Å². The highest BCUT2D eigenvalue weighted by Gasteiger charge is 2.33. The number of aromatic nitrogens is 2. The van der Waals surface area contributed by atoms with Gasteiger partial charge in [-0.2, -0.15) is 18.2 Å². The van der Waals surface area contributed by atoms with Crippen LogP contribution in [-0.2, 0) is 12.7 Å². The molecule has 0 aliphatic heterocycles. The van der Waals surface area contributed by atoms with E-state index in [4.69, 9.17) is 22.1 Å². The van der Waals surface area contributed by atoms with Crippen LogP contribution in [0.25, 0.3) is 0 Å². The zero-order valence-electron chi connectivity index (χ0n) is 9.99. The Balaban J connectivity index is 2.26. The van der Waals surface area contributed by atoms with Gasteiger partial charge < -0.3 is 10.5 Å². The maximum atomic E-state index is 12.5. The first-order valence-electron chi connectivity index (χ1n) is 5.47. The summed E-state index contributed by atoms with van der Waals surface area (Å²) in [5.74, 6) is 0.156. The minimum Gasteiger partial charge on any atom is -0.423 e. The van der Waals surface area contributed by atoms with E-state index in [9.17, 15) is 13.2 Å². The molecule has 0 aliphatic carbocycles. The number of rotatable bonds is 3. The molecule has 1 aromatic heterocycles. The molecule has 8 heteroatoms. The van der Waals surface area contributed by atoms with Crippen molar-refractivity contribution in [3.05, 3.63) is 46.7 Å². The molecule has 0 bridgehead atoms. The van der Waals surface area contributed by atoms with Crippen LogP contribution < -0.4 is 10.5 Å². The molecular weight excluding hydrogens is 295 g/mol. The van der Waals surface area contributed by atoms with Gasteiger partial charge in [-0.15, -0.1) is 0 Å². The van der Waals surface area contributed by atoms with E-state index in [1.54, 1.807) is 12.1 Å². The Morgan fingerprint density at radius 3 is 2.60 bits per heavy atom. The van der Waals surface area contributed by atoms with Gasteiger partial charge in [-0.25, -0.2) is 4.98 Å². The first-order chi connectivity index (χ1) is 9.40. The third-order valence-corrected chi connectivity index (χ3v) is 2.65. The molecular formula is C12H9ClF3N3O. The number of benzene rings is 1. The van der Waals surface area contributed by atoms with Gasteiger partial charge in [0.05, 0.1) is 5.02 Å². The standard InChI is InChI=1S/C12H9ClF3N3O/c13-8-5-7(6-17)1-2-9(8)20-11-18-4-3-10(19-11)12(14,15)16/h1-5H,6,17H2. The molecule has 0 unspecified atom stereocenters. The van der Waals surface area contributed by atoms with Gasteiger partial charge in [-0.1, -0.05) is 17.7 Å². The van der Waals surface area contributed by atoms with Gasteiger partial charge >= 0.3 is 12.2 Å². The molecule has 2 N–H and O–H groups in total. The lowest BCUT2D eigenvalue weighted by Crippen LogP contribution is -2.09. The molecule has 2 rings (SSSR count). The van der Waals surface area contributed by atoms with E-state index >= 15 is 0 Å². The molecule has 4 nitrogen and oxygen atoms in total. The van der Waals surface area contributed by atoms with Crippen LogP contribution in [0.3, 0.4) is 0 Å². The van der Waals surface area contributed by atoms with E-state index in [2.05, 4.69) is 9.97 Å². The van der Waals surface area contributed by atoms with E-state index in [-0.39, 0.29) is 10.8 Å². The lowest BCUT2D eigenvalue weighted by atomic mass is 10.2. The minimum absolute atomic E-state index is 0.156. The van der Waals surface area contributed by atoms with Crippen LogP contribution in [-0.4, -0.2) is 9.97 Å². The summed E-state index contributed by atoms with van der Waals surface area (Å²) in [4.78, 5) is 6.90. The summed E-state index contributed by atoms with van der Waals surface area (Å²) in [6.45, 7) is 0.292. The van der Waals surface area contributed by atoms with Gasteiger partial charge in [0.1, 0.15) is 5.75 Å². The summed E-state index contributed by atoms with van der Waals surface area (Å²) in [5.41, 5.74) is 5.12. The highest BCUT2D eigenvalue weighted by atomic mass is 35.5. The fourth-order valence-electron chi connectivity index (χ4n) is 1.40. The van der Waals surface area contributed by atoms with Crippen LogP contribution in [0.2, 0.25) is 5.02 Å². The number of hydrogen-bond acceptors (Lipinski definition) is 4. The topological polar surface area (TPSA) is 61.0 Å². The number of nitrogens with two attached hydrogens (primary N) is 1. The Bertz CT molecular complexity index is 619. The Hall–Kier alpha value is -1.86. The van der Waals surface area contributed by atoms with Crippen LogP contribution in [0, 0.1) is 0 Å². The maximum Gasteiger partial charge on any atom is 0.433 e. The molecule has 2 aromatic rings. The third kappa shape index (κ3) is 3.37. The van der Waals surface area contributed by atoms with E-state index in [0.29, 0.717) is 6.54 Å². The minimum atomic E-state index is -4.56. The van der Waals surface area contributed by atoms with Crippen molar-refractivity contribution >= 4 is 11.6 Å². The predicted octanol–water partition coefficient (Wildman–Crippen LogP) is 3.40. The van der Waals surface area contributed by atoms with Gasteiger partial charge in [0.25, 0.3) is 0 Å². The summed E-state index contributed by atoms with van der Waals surface area (Å²) >= 11 is 5.93. The monoisotopic (exact) mass is 303 g/mol. The molecule has 0 spiro atoms. The van der Waals surface area contributed by atoms with Crippen molar-refractivity contribution < 1.29 is 17.9 Å². The lowest BCUT2D eigenvalue weighted by molar-refractivity contribution is -0.141. The average molecular weight is 304 g/mol. The second kappa shape index (κ2) is 5.64. The highest BCUT2D eigenvalue weighted by molar-refractivity contribution is 6.32. The molecule has 0 fully saturated rings. The highest BCUT2D eigenvalue weighted by Crippen LogP contribution is 2.31. The van der Waals surface area contributed by atoms with Crippen molar-refractivity contribution in [2.75, 3.05) is 0 Å². The van der Waals surface area contributed by atoms with Gasteiger partial charge in [0.15, 0.2) is 5.69 Å². The zero-order chi connectivity index (χ0) is 14.8. The van der Waals surface area contributed by atoms with E-state index in [1.807, 2.05) is 0 Å². The van der Waals surface area contributed by atoms with Crippen molar-refractivity contribution in [3.63, 3.8) is 0 Å². The van der Waals surface area contributed by atoms with Crippen LogP contribution in [0.15, 0.2) is 30.5 Å². The van der Waals surface area contributed by atoms with Crippen molar-refractivity contribution in [2.24, 2.45) is 5.73 Å². The van der Waals surface area contributed by atoms with E-state index in [1.165, 1.54) is 6.07 Å². The van der Waals surface area contributed by atoms with Crippen molar-refractivity contribution in [3.8, 4) is 11.8 Å². The fraction of sp³-hybridized carbons (Fsp3) is 0.167. The van der Waals surface area contributed by atoms with Gasteiger partial charge in [0.2, 0.25) is 0 Å². The molecule has 0 saturated heterocycles. The second-order valence-electron chi connectivity index (χ2n) is 3.79. The summed E-state index contributed by atoms with van der Waals surface area (Å²) in [7, 11) is 0. The Labute approximate surface area is 117 Å². The number of alkyl halides is 3. The van der Waals surface area contributed by atoms with Crippen LogP contribution in [0.1, 0.15) is 11.3 Å². The molecule has 0 saturated carbocycles. The van der Waals surface area contributed by atoms with Crippen molar-refractivity contribution in [1.82, 2.24) is 9.97 Å². The number of halogens is 4. The lowest BCUT2D eigenvalue weighted by Gasteiger charge is -2.09. The van der Waals surface area contributed by atoms with Crippen molar-refractivity contribution in [1.29, 1.82) is 0 Å². The molecule has 20 heavy (non-hydrogen) atoms. The SMILES string of the molecule is NCc1ccc(Oc2nccc(C(F)(F)F)n2)c(Cl)c1. The smallest absolute Gasteiger partial charge is 0.423 e. The first kappa shape index (κ1) is 14.5. The molecule has 0 radical (unpaired) electrons. The number of hydrogen-bond donors (Lipinski definition) is 1. The quantitative estimate of drug-likeness (QED) is 0.944. The molecule has 1 heterocycles. The molecule has 0 atom stereocenters. The van der Waals surface area contributed by atoms with Gasteiger partial charge in [0, 0.05) is 12.7 Å². The van der Waals surface area contributed by atoms with Crippen molar-refractivity contribution in [2.45, 2.75) is 12.7 Å². The largest absolute Gasteiger partial charge is 0.433 e. The van der Waals surface area contributed by atoms with Gasteiger partial charge in [-0.05, 0) is 23.8 Å². The Kier molecular flexibility index (Phi) is 4.10. The normalized spacial score (nSPS) is 11.4. The van der Waals surface area contributed by atoms with Crippen LogP contribution in [0.4, 0.5) is 13.2 Å². The summed E-state index contributed by atoms with van der Waals surface area (Å²) < 4.78 is 42.6. The summed E-state index contributed by atoms with van der Waals surface area (Å²) in [6, 6.07) is 5.03. The maximum absolute atomic E-state index is 12.5. The summed E-state index contributed by atoms with van der Waals surface area (Å²) in [6.07, 6.45) is -3.60. The zero-order valence-corrected chi connectivity index (χ0v) is 10.7. The van der Waals surface area contributed by atoms with E-state index < -0.39 is 17.9 Å². The predicted molar refractivity (Wildman–Crippen MR) is 66.5 cm³/mol. The first-order valence-corrected chi connectivity index (χ1v) is 5.84. The number of nitrogens with zero attached hydrogens (tertiary/aromatic N) is 2. The second-order valence-corrected chi connectivity index (χ2v) is 4.20. The molecule has 106 valence electrons. The number of ether oxygens (including phenoxy) is 1. The fourth-order valence-corrected chi connectivity index (χ4v) is 1.64. The van der Waals surface area contributed by atoms with Gasteiger partial charge in [-0.3, -0.25) is 0 Å². The Morgan fingerprint density at radius 2 is 2.00 bits per heavy atom. The molecule has 0 amide bonds. The molecule has 1 aromatic carbocycles. The summed E-state index contributed by atoms with van der Waals surface area (Å²) in [5, 5.41) is 0.217. The third-order valence-electron chi connectivity index (χ3n) is 2.36. The van der Waals surface area contributed by atoms with E-state index in [0.717, 1.165) is 17.8 Å². The molecule has 0 aliphatic rings. The average Bonchev–Trinajstić information content (AvgIpc) is 2.40.